The van der Waals surface area contributed by atoms with Crippen LogP contribution in [-0.4, -0.2) is 211 Å². The second-order valence-corrected chi connectivity index (χ2v) is 12.6. The van der Waals surface area contributed by atoms with Crippen LogP contribution >= 0.6 is 0 Å². The number of nitrogens with one attached hydrogen (secondary N) is 2. The Labute approximate surface area is 285 Å². The van der Waals surface area contributed by atoms with E-state index in [1.807, 2.05) is 0 Å². The Hall–Kier alpha value is -1.78. The molecule has 50 heavy (non-hydrogen) atoms. The lowest BCUT2D eigenvalue weighted by molar-refractivity contribution is -0.387. The van der Waals surface area contributed by atoms with Crippen molar-refractivity contribution in [1.82, 2.24) is 10.6 Å². The average Bonchev–Trinajstić information content (AvgIpc) is 3.06. The van der Waals surface area contributed by atoms with E-state index in [2.05, 4.69) is 10.6 Å². The van der Waals surface area contributed by atoms with Gasteiger partial charge in [0.05, 0.1) is 25.9 Å². The molecule has 0 aliphatic carbocycles. The van der Waals surface area contributed by atoms with Gasteiger partial charge in [0.15, 0.2) is 25.2 Å². The van der Waals surface area contributed by atoms with Crippen LogP contribution < -0.4 is 10.6 Å². The number of ether oxygens (including phenoxy) is 7. The van der Waals surface area contributed by atoms with Gasteiger partial charge in [-0.15, -0.1) is 0 Å². The highest BCUT2D eigenvalue weighted by Gasteiger charge is 2.55. The van der Waals surface area contributed by atoms with Gasteiger partial charge in [-0.25, -0.2) is 0 Å². The maximum atomic E-state index is 11.9. The smallest absolute Gasteiger partial charge is 0.217 e. The van der Waals surface area contributed by atoms with Gasteiger partial charge in [0.1, 0.15) is 91.4 Å². The molecule has 0 saturated carbocycles. The number of carbonyl (C=O) groups excluding carboxylic acids is 2. The molecule has 22 nitrogen and oxygen atoms in total. The van der Waals surface area contributed by atoms with Crippen LogP contribution in [0.15, 0.2) is 0 Å². The molecule has 0 bridgehead atoms. The summed E-state index contributed by atoms with van der Waals surface area (Å²) < 4.78 is 39.6. The Morgan fingerprint density at radius 3 is 1.56 bits per heavy atom. The van der Waals surface area contributed by atoms with Crippen molar-refractivity contribution < 1.29 is 98.9 Å². The van der Waals surface area contributed by atoms with Crippen LogP contribution in [0.1, 0.15) is 20.8 Å². The first-order chi connectivity index (χ1) is 23.5. The highest BCUT2D eigenvalue weighted by atomic mass is 16.8. The molecule has 0 aromatic heterocycles. The predicted molar refractivity (Wildman–Crippen MR) is 156 cm³/mol. The Morgan fingerprint density at radius 2 is 1.00 bits per heavy atom. The van der Waals surface area contributed by atoms with Crippen molar-refractivity contribution in [3.8, 4) is 0 Å². The predicted octanol–water partition coefficient (Wildman–Crippen LogP) is -8.43. The lowest BCUT2D eigenvalue weighted by Crippen LogP contribution is -2.69. The zero-order valence-corrected chi connectivity index (χ0v) is 27.3. The molecule has 20 atom stereocenters. The first-order valence-corrected chi connectivity index (χ1v) is 15.9. The molecule has 0 radical (unpaired) electrons. The van der Waals surface area contributed by atoms with Gasteiger partial charge in [-0.05, 0) is 6.92 Å². The molecule has 0 spiro atoms. The molecule has 4 saturated heterocycles. The van der Waals surface area contributed by atoms with Crippen molar-refractivity contribution in [1.29, 1.82) is 0 Å². The zero-order valence-electron chi connectivity index (χ0n) is 27.3. The normalized spacial score (nSPS) is 48.5. The molecule has 0 unspecified atom stereocenters. The first kappa shape index (κ1) is 41.0. The van der Waals surface area contributed by atoms with Crippen molar-refractivity contribution >= 4 is 11.8 Å². The fourth-order valence-electron chi connectivity index (χ4n) is 6.27. The molecule has 13 N–H and O–H groups in total. The summed E-state index contributed by atoms with van der Waals surface area (Å²) in [6.07, 6.45) is -30.5. The largest absolute Gasteiger partial charge is 0.394 e. The van der Waals surface area contributed by atoms with Gasteiger partial charge in [0, 0.05) is 13.8 Å². The second-order valence-electron chi connectivity index (χ2n) is 12.6. The summed E-state index contributed by atoms with van der Waals surface area (Å²) in [5.41, 5.74) is 0. The third-order valence-corrected chi connectivity index (χ3v) is 8.97. The van der Waals surface area contributed by atoms with E-state index >= 15 is 0 Å². The Bertz CT molecular complexity index is 1130. The molecule has 4 heterocycles. The van der Waals surface area contributed by atoms with E-state index in [1.54, 1.807) is 0 Å². The molecule has 4 rings (SSSR count). The van der Waals surface area contributed by atoms with Gasteiger partial charge in [-0.3, -0.25) is 9.59 Å². The number of rotatable bonds is 11. The number of amides is 2. The highest BCUT2D eigenvalue weighted by Crippen LogP contribution is 2.34. The van der Waals surface area contributed by atoms with E-state index in [0.717, 1.165) is 13.8 Å². The Morgan fingerprint density at radius 1 is 0.520 bits per heavy atom. The number of hydrogen-bond donors (Lipinski definition) is 13. The maximum absolute atomic E-state index is 11.9. The topological polar surface area (TPSA) is 345 Å². The molecule has 2 amide bonds. The molecule has 0 aromatic rings. The quantitative estimate of drug-likeness (QED) is 0.0938. The lowest BCUT2D eigenvalue weighted by atomic mass is 9.95. The third kappa shape index (κ3) is 8.70. The molecule has 4 aliphatic rings. The number of carbonyl (C=O) groups is 2. The average molecular weight is 733 g/mol. The number of aliphatic hydroxyl groups is 11. The number of hydrogen-bond acceptors (Lipinski definition) is 20. The van der Waals surface area contributed by atoms with Gasteiger partial charge in [0.25, 0.3) is 0 Å². The Kier molecular flexibility index (Phi) is 14.2. The molecule has 4 aliphatic heterocycles. The van der Waals surface area contributed by atoms with Gasteiger partial charge in [0.2, 0.25) is 11.8 Å². The van der Waals surface area contributed by atoms with Crippen molar-refractivity contribution in [2.75, 3.05) is 19.8 Å². The van der Waals surface area contributed by atoms with Crippen LogP contribution in [-0.2, 0) is 42.7 Å². The minimum absolute atomic E-state index is 0.661. The molecule has 290 valence electrons. The van der Waals surface area contributed by atoms with E-state index in [1.165, 1.54) is 6.92 Å². The standard InChI is InChI=1S/C28H48N2O20/c1-7-15(36)23(21(42)27(44-7)48-22-14(30-9(3)35)25(43)45-12(6-33)18(22)39)49-28-24(20(41)17(38)11(5-32)47-28)50-26-13(29-8(2)34)19(40)16(37)10(4-31)46-26/h7,10-28,31-33,36-43H,4-6H2,1-3H3,(H,29,34)(H,30,35)/t7-,10+,11+,12+,13+,14+,15+,16-,17+,18-,19+,20-,21-,22+,23+,24-,25-,26-,27-,28+/m0/s1. The van der Waals surface area contributed by atoms with E-state index in [0.29, 0.717) is 0 Å². The highest BCUT2D eigenvalue weighted by molar-refractivity contribution is 5.73. The summed E-state index contributed by atoms with van der Waals surface area (Å²) in [5, 5.41) is 120. The van der Waals surface area contributed by atoms with Gasteiger partial charge in [-0.1, -0.05) is 0 Å². The van der Waals surface area contributed by atoms with Crippen molar-refractivity contribution in [2.45, 2.75) is 143 Å². The summed E-state index contributed by atoms with van der Waals surface area (Å²) in [6, 6.07) is -2.95. The summed E-state index contributed by atoms with van der Waals surface area (Å²) in [7, 11) is 0. The summed E-state index contributed by atoms with van der Waals surface area (Å²) >= 11 is 0. The summed E-state index contributed by atoms with van der Waals surface area (Å²) in [6.45, 7) is 1.09. The second kappa shape index (κ2) is 17.4. The zero-order chi connectivity index (χ0) is 37.2. The number of aliphatic hydroxyl groups excluding tert-OH is 11. The third-order valence-electron chi connectivity index (χ3n) is 8.97. The minimum Gasteiger partial charge on any atom is -0.394 e. The molecule has 0 aromatic carbocycles. The molecule has 4 fully saturated rings. The van der Waals surface area contributed by atoms with Crippen LogP contribution in [0.25, 0.3) is 0 Å². The summed E-state index contributed by atoms with van der Waals surface area (Å²) in [4.78, 5) is 23.8. The summed E-state index contributed by atoms with van der Waals surface area (Å²) in [5.74, 6) is -1.36. The van der Waals surface area contributed by atoms with Gasteiger partial charge >= 0.3 is 0 Å². The SMILES string of the molecule is CC(=O)N[C@@H]1[C@@H](O[C@@H]2O[C@@H](C)[C@@H](O)[C@@H](O[C@H]3O[C@H](CO)[C@@H](O)[C@H](O)[C@@H]3O[C@@H]3O[C@H](CO)[C@H](O)[C@H](O)[C@H]3NC(C)=O)[C@@H]2O)[C@@H](O)[C@@H](CO)O[C@@H]1O. The van der Waals surface area contributed by atoms with Gasteiger partial charge in [-0.2, -0.15) is 0 Å². The van der Waals surface area contributed by atoms with Crippen molar-refractivity contribution in [3.05, 3.63) is 0 Å². The van der Waals surface area contributed by atoms with E-state index < -0.39 is 154 Å². The lowest BCUT2D eigenvalue weighted by Gasteiger charge is -2.49. The van der Waals surface area contributed by atoms with Crippen LogP contribution in [0.4, 0.5) is 0 Å². The monoisotopic (exact) mass is 732 g/mol. The minimum atomic E-state index is -1.98. The van der Waals surface area contributed by atoms with Crippen LogP contribution in [0.3, 0.4) is 0 Å². The van der Waals surface area contributed by atoms with Crippen LogP contribution in [0.5, 0.6) is 0 Å². The van der Waals surface area contributed by atoms with Crippen molar-refractivity contribution in [3.63, 3.8) is 0 Å². The molecule has 22 heteroatoms. The molecular weight excluding hydrogens is 684 g/mol. The van der Waals surface area contributed by atoms with E-state index in [9.17, 15) is 65.8 Å². The van der Waals surface area contributed by atoms with E-state index in [-0.39, 0.29) is 0 Å². The first-order valence-electron chi connectivity index (χ1n) is 15.9. The Balaban J connectivity index is 1.61. The van der Waals surface area contributed by atoms with Crippen LogP contribution in [0.2, 0.25) is 0 Å². The van der Waals surface area contributed by atoms with E-state index in [4.69, 9.17) is 33.2 Å². The van der Waals surface area contributed by atoms with Crippen LogP contribution in [0, 0.1) is 0 Å². The molecular formula is C28H48N2O20. The fraction of sp³-hybridized carbons (Fsp3) is 0.929. The maximum Gasteiger partial charge on any atom is 0.217 e. The fourth-order valence-corrected chi connectivity index (χ4v) is 6.27. The van der Waals surface area contributed by atoms with Gasteiger partial charge < -0.3 is 100.0 Å². The van der Waals surface area contributed by atoms with Crippen molar-refractivity contribution in [2.24, 2.45) is 0 Å².